The van der Waals surface area contributed by atoms with E-state index < -0.39 is 0 Å². The van der Waals surface area contributed by atoms with Gasteiger partial charge in [-0.2, -0.15) is 4.98 Å². The number of carbonyl (C=O) groups is 1. The largest absolute Gasteiger partial charge is 0.306 e. The van der Waals surface area contributed by atoms with Crippen molar-refractivity contribution in [1.82, 2.24) is 24.0 Å². The lowest BCUT2D eigenvalue weighted by atomic mass is 10.2. The van der Waals surface area contributed by atoms with E-state index in [4.69, 9.17) is 0 Å². The van der Waals surface area contributed by atoms with Gasteiger partial charge in [0.05, 0.1) is 11.4 Å². The van der Waals surface area contributed by atoms with E-state index in [1.54, 1.807) is 28.0 Å². The van der Waals surface area contributed by atoms with Crippen LogP contribution in [0.25, 0.3) is 21.9 Å². The van der Waals surface area contributed by atoms with Crippen LogP contribution in [-0.4, -0.2) is 29.9 Å². The van der Waals surface area contributed by atoms with Crippen LogP contribution in [0.4, 0.5) is 5.95 Å². The molecule has 0 unspecified atom stereocenters. The van der Waals surface area contributed by atoms with E-state index in [-0.39, 0.29) is 5.91 Å². The van der Waals surface area contributed by atoms with Gasteiger partial charge in [0.1, 0.15) is 5.65 Å². The van der Waals surface area contributed by atoms with Crippen LogP contribution >= 0.6 is 11.3 Å². The molecule has 0 radical (unpaired) electrons. The second kappa shape index (κ2) is 6.28. The Morgan fingerprint density at radius 1 is 1.11 bits per heavy atom. The zero-order valence-corrected chi connectivity index (χ0v) is 16.1. The molecule has 0 aliphatic rings. The maximum absolute atomic E-state index is 12.7. The zero-order valence-electron chi connectivity index (χ0n) is 15.2. The van der Waals surface area contributed by atoms with Gasteiger partial charge in [0.25, 0.3) is 11.9 Å². The third kappa shape index (κ3) is 2.74. The molecule has 7 nitrogen and oxygen atoms in total. The number of amides is 1. The summed E-state index contributed by atoms with van der Waals surface area (Å²) in [7, 11) is 0. The van der Waals surface area contributed by atoms with Gasteiger partial charge in [-0.3, -0.25) is 10.1 Å². The normalized spacial score (nSPS) is 11.4. The number of aromatic nitrogens is 5. The van der Waals surface area contributed by atoms with E-state index in [1.807, 2.05) is 61.0 Å². The van der Waals surface area contributed by atoms with Crippen molar-refractivity contribution < 1.29 is 4.79 Å². The molecule has 5 rings (SSSR count). The molecule has 0 spiro atoms. The number of nitrogens with one attached hydrogen (secondary N) is 1. The minimum atomic E-state index is -0.264. The third-order valence-electron chi connectivity index (χ3n) is 4.67. The summed E-state index contributed by atoms with van der Waals surface area (Å²) in [4.78, 5) is 23.6. The molecule has 0 saturated carbocycles. The van der Waals surface area contributed by atoms with Crippen LogP contribution in [0.1, 0.15) is 20.9 Å². The number of carbonyl (C=O) groups excluding carboxylic acids is 1. The van der Waals surface area contributed by atoms with Gasteiger partial charge in [0.2, 0.25) is 4.96 Å². The molecule has 0 aliphatic heterocycles. The summed E-state index contributed by atoms with van der Waals surface area (Å²) in [6.45, 7) is 4.01. The number of imidazole rings is 1. The lowest BCUT2D eigenvalue weighted by Gasteiger charge is -2.01. The van der Waals surface area contributed by atoms with Crippen molar-refractivity contribution in [2.75, 3.05) is 5.32 Å². The molecule has 0 fully saturated rings. The molecule has 0 aliphatic carbocycles. The SMILES string of the molecule is Cc1sc2nc(NC(=O)c3ccn4cc(-c5ccccc5)nc4c3)nn2c1C. The van der Waals surface area contributed by atoms with Gasteiger partial charge in [0.15, 0.2) is 0 Å². The van der Waals surface area contributed by atoms with Crippen molar-refractivity contribution in [3.05, 3.63) is 71.0 Å². The third-order valence-corrected chi connectivity index (χ3v) is 5.71. The van der Waals surface area contributed by atoms with E-state index in [9.17, 15) is 4.79 Å². The van der Waals surface area contributed by atoms with Crippen LogP contribution in [-0.2, 0) is 0 Å². The number of thiazole rings is 1. The lowest BCUT2D eigenvalue weighted by molar-refractivity contribution is 0.102. The quantitative estimate of drug-likeness (QED) is 0.507. The maximum atomic E-state index is 12.7. The molecule has 4 aromatic heterocycles. The standard InChI is InChI=1S/C20H16N6OS/c1-12-13(2)28-20-23-19(24-26(12)20)22-18(27)15-8-9-25-11-16(21-17(25)10-15)14-6-4-3-5-7-14/h3-11H,1-2H3,(H,22,24,27). The highest BCUT2D eigenvalue weighted by Gasteiger charge is 2.15. The van der Waals surface area contributed by atoms with Gasteiger partial charge in [-0.05, 0) is 26.0 Å². The maximum Gasteiger partial charge on any atom is 0.258 e. The van der Waals surface area contributed by atoms with Crippen LogP contribution in [0.5, 0.6) is 0 Å². The molecule has 4 heterocycles. The smallest absolute Gasteiger partial charge is 0.258 e. The summed E-state index contributed by atoms with van der Waals surface area (Å²) in [5.74, 6) is 0.0342. The van der Waals surface area contributed by atoms with Gasteiger partial charge in [-0.1, -0.05) is 41.7 Å². The highest BCUT2D eigenvalue weighted by atomic mass is 32.1. The average molecular weight is 388 g/mol. The van der Waals surface area contributed by atoms with Crippen molar-refractivity contribution in [2.24, 2.45) is 0 Å². The Labute approximate surface area is 164 Å². The van der Waals surface area contributed by atoms with Crippen LogP contribution in [0.15, 0.2) is 54.9 Å². The predicted octanol–water partition coefficient (Wildman–Crippen LogP) is 3.97. The van der Waals surface area contributed by atoms with Gasteiger partial charge in [-0.15, -0.1) is 5.10 Å². The topological polar surface area (TPSA) is 76.6 Å². The minimum absolute atomic E-state index is 0.264. The van der Waals surface area contributed by atoms with Gasteiger partial charge >= 0.3 is 0 Å². The Morgan fingerprint density at radius 2 is 1.93 bits per heavy atom. The van der Waals surface area contributed by atoms with Gasteiger partial charge in [-0.25, -0.2) is 9.50 Å². The Kier molecular flexibility index (Phi) is 3.73. The summed E-state index contributed by atoms with van der Waals surface area (Å²) in [5.41, 5.74) is 4.13. The lowest BCUT2D eigenvalue weighted by Crippen LogP contribution is -2.13. The molecular weight excluding hydrogens is 372 g/mol. The minimum Gasteiger partial charge on any atom is -0.306 e. The molecule has 0 bridgehead atoms. The number of anilines is 1. The fourth-order valence-corrected chi connectivity index (χ4v) is 3.94. The van der Waals surface area contributed by atoms with Crippen molar-refractivity contribution >= 4 is 33.8 Å². The fraction of sp³-hybridized carbons (Fsp3) is 0.100. The number of benzene rings is 1. The Bertz CT molecular complexity index is 1330. The van der Waals surface area contributed by atoms with Crippen LogP contribution < -0.4 is 5.32 Å². The first kappa shape index (κ1) is 16.6. The van der Waals surface area contributed by atoms with Gasteiger partial charge in [0, 0.05) is 28.4 Å². The summed E-state index contributed by atoms with van der Waals surface area (Å²) in [5, 5.41) is 7.14. The molecule has 0 saturated heterocycles. The van der Waals surface area contributed by atoms with Crippen molar-refractivity contribution in [3.63, 3.8) is 0 Å². The number of fused-ring (bicyclic) bond motifs is 2. The van der Waals surface area contributed by atoms with E-state index in [1.165, 1.54) is 0 Å². The first-order valence-electron chi connectivity index (χ1n) is 8.77. The molecule has 138 valence electrons. The molecule has 8 heteroatoms. The molecule has 1 N–H and O–H groups in total. The Hall–Kier alpha value is -3.52. The molecule has 1 aromatic carbocycles. The number of hydrogen-bond donors (Lipinski definition) is 1. The van der Waals surface area contributed by atoms with E-state index >= 15 is 0 Å². The van der Waals surface area contributed by atoms with E-state index in [0.717, 1.165) is 26.8 Å². The van der Waals surface area contributed by atoms with Crippen molar-refractivity contribution in [1.29, 1.82) is 0 Å². The first-order valence-corrected chi connectivity index (χ1v) is 9.58. The zero-order chi connectivity index (χ0) is 19.3. The second-order valence-electron chi connectivity index (χ2n) is 6.50. The predicted molar refractivity (Wildman–Crippen MR) is 109 cm³/mol. The molecule has 5 aromatic rings. The number of rotatable bonds is 3. The Balaban J connectivity index is 1.43. The van der Waals surface area contributed by atoms with Crippen LogP contribution in [0.2, 0.25) is 0 Å². The van der Waals surface area contributed by atoms with E-state index in [0.29, 0.717) is 17.2 Å². The van der Waals surface area contributed by atoms with E-state index in [2.05, 4.69) is 20.4 Å². The molecular formula is C20H16N6OS. The van der Waals surface area contributed by atoms with Crippen molar-refractivity contribution in [2.45, 2.75) is 13.8 Å². The van der Waals surface area contributed by atoms with Crippen LogP contribution in [0, 0.1) is 13.8 Å². The summed E-state index contributed by atoms with van der Waals surface area (Å²) in [6, 6.07) is 13.5. The second-order valence-corrected chi connectivity index (χ2v) is 7.68. The fourth-order valence-electron chi connectivity index (χ4n) is 3.04. The highest BCUT2D eigenvalue weighted by Crippen LogP contribution is 2.22. The summed E-state index contributed by atoms with van der Waals surface area (Å²) < 4.78 is 3.65. The Morgan fingerprint density at radius 3 is 2.71 bits per heavy atom. The number of hydrogen-bond acceptors (Lipinski definition) is 5. The number of aryl methyl sites for hydroxylation is 2. The van der Waals surface area contributed by atoms with Gasteiger partial charge < -0.3 is 4.40 Å². The molecule has 28 heavy (non-hydrogen) atoms. The number of nitrogens with zero attached hydrogens (tertiary/aromatic N) is 5. The first-order chi connectivity index (χ1) is 13.6. The summed E-state index contributed by atoms with van der Waals surface area (Å²) in [6.07, 6.45) is 3.78. The highest BCUT2D eigenvalue weighted by molar-refractivity contribution is 7.17. The van der Waals surface area contributed by atoms with Crippen LogP contribution in [0.3, 0.4) is 0 Å². The monoisotopic (exact) mass is 388 g/mol. The van der Waals surface area contributed by atoms with Crippen molar-refractivity contribution in [3.8, 4) is 11.3 Å². The number of pyridine rings is 1. The molecule has 0 atom stereocenters. The average Bonchev–Trinajstić information content (AvgIpc) is 3.37. The molecule has 1 amide bonds. The summed E-state index contributed by atoms with van der Waals surface area (Å²) >= 11 is 1.55.